The highest BCUT2D eigenvalue weighted by atomic mass is 35.5. The van der Waals surface area contributed by atoms with E-state index in [4.69, 9.17) is 17.3 Å². The van der Waals surface area contributed by atoms with Crippen LogP contribution in [-0.4, -0.2) is 55.4 Å². The Morgan fingerprint density at radius 1 is 1.02 bits per heavy atom. The molecule has 5 aromatic rings. The number of nitrogens with two attached hydrogens (primary N) is 1. The molecule has 4 N–H and O–H groups in total. The number of ether oxygens (including phenoxy) is 1. The van der Waals surface area contributed by atoms with Gasteiger partial charge in [-0.1, -0.05) is 54.1 Å². The van der Waals surface area contributed by atoms with E-state index in [0.717, 1.165) is 5.56 Å². The van der Waals surface area contributed by atoms with Crippen LogP contribution in [-0.2, 0) is 16.0 Å². The first-order chi connectivity index (χ1) is 21.8. The second kappa shape index (κ2) is 14.0. The molecular formula is C31H26ClN9O4. The minimum Gasteiger partial charge on any atom is -0.453 e. The number of benzene rings is 3. The summed E-state index contributed by atoms with van der Waals surface area (Å²) in [6, 6.07) is 22.4. The fourth-order valence-electron chi connectivity index (χ4n) is 4.48. The number of rotatable bonds is 10. The molecule has 3 amide bonds. The third-order valence-electron chi connectivity index (χ3n) is 6.63. The molecule has 14 heteroatoms. The molecular weight excluding hydrogens is 598 g/mol. The number of aromatic nitrogens is 6. The van der Waals surface area contributed by atoms with Crippen LogP contribution in [0.4, 0.5) is 10.5 Å². The van der Waals surface area contributed by atoms with E-state index in [-0.39, 0.29) is 5.69 Å². The Balaban J connectivity index is 1.46. The maximum absolute atomic E-state index is 13.3. The summed E-state index contributed by atoms with van der Waals surface area (Å²) < 4.78 is 6.09. The topological polar surface area (TPSA) is 180 Å². The highest BCUT2D eigenvalue weighted by Crippen LogP contribution is 2.28. The number of halogens is 1. The van der Waals surface area contributed by atoms with Crippen LogP contribution in [0.25, 0.3) is 22.9 Å². The number of nitrogens with zero attached hydrogens (tertiary/aromatic N) is 6. The zero-order chi connectivity index (χ0) is 31.8. The molecule has 226 valence electrons. The number of hydrogen-bond acceptors (Lipinski definition) is 9. The Morgan fingerprint density at radius 2 is 1.80 bits per heavy atom. The molecule has 0 saturated heterocycles. The molecule has 5 rings (SSSR count). The van der Waals surface area contributed by atoms with Gasteiger partial charge >= 0.3 is 6.09 Å². The molecule has 0 spiro atoms. The molecule has 0 bridgehead atoms. The molecule has 0 aliphatic heterocycles. The summed E-state index contributed by atoms with van der Waals surface area (Å²) in [6.45, 7) is 0. The van der Waals surface area contributed by atoms with Crippen LogP contribution in [0, 0.1) is 0 Å². The van der Waals surface area contributed by atoms with Gasteiger partial charge in [-0.3, -0.25) is 14.9 Å². The lowest BCUT2D eigenvalue weighted by atomic mass is 9.98. The van der Waals surface area contributed by atoms with Crippen molar-refractivity contribution in [2.24, 2.45) is 5.73 Å². The molecule has 0 aliphatic rings. The predicted molar refractivity (Wildman–Crippen MR) is 166 cm³/mol. The first-order valence-electron chi connectivity index (χ1n) is 13.5. The number of nitrogens with one attached hydrogen (secondary N) is 2. The first-order valence-corrected chi connectivity index (χ1v) is 13.9. The van der Waals surface area contributed by atoms with Gasteiger partial charge in [0.25, 0.3) is 5.91 Å². The van der Waals surface area contributed by atoms with Gasteiger partial charge in [0, 0.05) is 27.9 Å². The Labute approximate surface area is 262 Å². The fraction of sp³-hybridized carbons (Fsp3) is 0.0968. The molecule has 2 heterocycles. The number of carbonyl (C=O) groups is 3. The number of methoxy groups -OCH3 is 1. The van der Waals surface area contributed by atoms with Crippen molar-refractivity contribution in [1.29, 1.82) is 0 Å². The van der Waals surface area contributed by atoms with Gasteiger partial charge in [-0.15, -0.1) is 10.2 Å². The monoisotopic (exact) mass is 623 g/mol. The smallest absolute Gasteiger partial charge is 0.411 e. The third-order valence-corrected chi connectivity index (χ3v) is 6.86. The standard InChI is InChI=1S/C31H26ClN9O4/c1-45-31(44)35-23-11-7-20(8-12-23)24-17-26(37-38-29(24)30(33)43)25(15-19-5-3-2-4-6-19)36-28(42)14-9-21-16-22(32)10-13-27(21)41-18-34-39-40-41/h2-14,16-18,25H,15H2,1H3,(H2,33,43)(H,35,44)(H,36,42)/b14-9+/t25-/m0/s1. The van der Waals surface area contributed by atoms with E-state index >= 15 is 0 Å². The van der Waals surface area contributed by atoms with Crippen LogP contribution in [0.3, 0.4) is 0 Å². The maximum Gasteiger partial charge on any atom is 0.411 e. The highest BCUT2D eigenvalue weighted by Gasteiger charge is 2.21. The van der Waals surface area contributed by atoms with Gasteiger partial charge in [0.1, 0.15) is 6.33 Å². The fourth-order valence-corrected chi connectivity index (χ4v) is 4.67. The van der Waals surface area contributed by atoms with Crippen molar-refractivity contribution < 1.29 is 19.1 Å². The molecule has 0 saturated carbocycles. The Bertz CT molecular complexity index is 1850. The zero-order valence-corrected chi connectivity index (χ0v) is 24.5. The molecule has 0 fully saturated rings. The summed E-state index contributed by atoms with van der Waals surface area (Å²) in [5.74, 6) is -1.19. The van der Waals surface area contributed by atoms with Crippen molar-refractivity contribution in [2.45, 2.75) is 12.5 Å². The number of hydrogen-bond donors (Lipinski definition) is 3. The van der Waals surface area contributed by atoms with Crippen LogP contribution in [0.5, 0.6) is 0 Å². The number of carbonyl (C=O) groups excluding carboxylic acids is 3. The van der Waals surface area contributed by atoms with Gasteiger partial charge < -0.3 is 15.8 Å². The molecule has 1 atom stereocenters. The molecule has 2 aromatic heterocycles. The Hall–Kier alpha value is -5.95. The van der Waals surface area contributed by atoms with E-state index < -0.39 is 23.9 Å². The summed E-state index contributed by atoms with van der Waals surface area (Å²) >= 11 is 6.22. The van der Waals surface area contributed by atoms with Crippen molar-refractivity contribution in [2.75, 3.05) is 12.4 Å². The lowest BCUT2D eigenvalue weighted by molar-refractivity contribution is -0.117. The average molecular weight is 624 g/mol. The SMILES string of the molecule is COC(=O)Nc1ccc(-c2cc([C@H](Cc3ccccc3)NC(=O)/C=C/c3cc(Cl)ccc3-n3cnnn3)nnc2C(N)=O)cc1. The highest BCUT2D eigenvalue weighted by molar-refractivity contribution is 6.30. The number of tetrazole rings is 1. The quantitative estimate of drug-likeness (QED) is 0.192. The summed E-state index contributed by atoms with van der Waals surface area (Å²) in [7, 11) is 1.26. The van der Waals surface area contributed by atoms with Crippen molar-refractivity contribution in [3.8, 4) is 16.8 Å². The van der Waals surface area contributed by atoms with Gasteiger partial charge in [0.05, 0.1) is 24.5 Å². The largest absolute Gasteiger partial charge is 0.453 e. The molecule has 13 nitrogen and oxygen atoms in total. The third kappa shape index (κ3) is 7.72. The van der Waals surface area contributed by atoms with E-state index in [0.29, 0.717) is 45.2 Å². The molecule has 0 radical (unpaired) electrons. The van der Waals surface area contributed by atoms with Crippen molar-refractivity contribution in [3.63, 3.8) is 0 Å². The van der Waals surface area contributed by atoms with Crippen LogP contribution in [0.1, 0.15) is 33.4 Å². The molecule has 0 aliphatic carbocycles. The molecule has 0 unspecified atom stereocenters. The summed E-state index contributed by atoms with van der Waals surface area (Å²) in [4.78, 5) is 37.2. The minimum atomic E-state index is -0.771. The van der Waals surface area contributed by atoms with E-state index in [1.54, 1.807) is 54.6 Å². The van der Waals surface area contributed by atoms with E-state index in [1.165, 1.54) is 24.2 Å². The lowest BCUT2D eigenvalue weighted by Gasteiger charge is -2.19. The average Bonchev–Trinajstić information content (AvgIpc) is 3.59. The van der Waals surface area contributed by atoms with Crippen LogP contribution in [0.15, 0.2) is 91.3 Å². The number of amides is 3. The van der Waals surface area contributed by atoms with E-state index in [1.807, 2.05) is 30.3 Å². The second-order valence-corrected chi connectivity index (χ2v) is 10.1. The molecule has 45 heavy (non-hydrogen) atoms. The summed E-state index contributed by atoms with van der Waals surface area (Å²) in [5.41, 5.74) is 9.64. The van der Waals surface area contributed by atoms with Crippen molar-refractivity contribution in [3.05, 3.63) is 119 Å². The van der Waals surface area contributed by atoms with Crippen LogP contribution in [0.2, 0.25) is 5.02 Å². The minimum absolute atomic E-state index is 0.0480. The normalized spacial score (nSPS) is 11.6. The second-order valence-electron chi connectivity index (χ2n) is 9.63. The van der Waals surface area contributed by atoms with E-state index in [2.05, 4.69) is 41.1 Å². The van der Waals surface area contributed by atoms with Crippen molar-refractivity contribution in [1.82, 2.24) is 35.7 Å². The van der Waals surface area contributed by atoms with Gasteiger partial charge in [-0.2, -0.15) is 9.78 Å². The van der Waals surface area contributed by atoms with Gasteiger partial charge in [-0.25, -0.2) is 4.79 Å². The Kier molecular flexibility index (Phi) is 9.50. The summed E-state index contributed by atoms with van der Waals surface area (Å²) in [6.07, 6.45) is 4.17. The van der Waals surface area contributed by atoms with Gasteiger partial charge in [-0.05, 0) is 70.4 Å². The lowest BCUT2D eigenvalue weighted by Crippen LogP contribution is -2.30. The first kappa shape index (κ1) is 30.5. The van der Waals surface area contributed by atoms with Crippen LogP contribution < -0.4 is 16.4 Å². The van der Waals surface area contributed by atoms with Crippen LogP contribution >= 0.6 is 11.6 Å². The molecule has 3 aromatic carbocycles. The number of anilines is 1. The van der Waals surface area contributed by atoms with E-state index in [9.17, 15) is 14.4 Å². The number of primary amides is 1. The maximum atomic E-state index is 13.3. The predicted octanol–water partition coefficient (Wildman–Crippen LogP) is 4.16. The summed E-state index contributed by atoms with van der Waals surface area (Å²) in [5, 5.41) is 25.7. The zero-order valence-electron chi connectivity index (χ0n) is 23.8. The van der Waals surface area contributed by atoms with Crippen molar-refractivity contribution >= 4 is 41.3 Å². The van der Waals surface area contributed by atoms with Gasteiger partial charge in [0.15, 0.2) is 5.69 Å². The Morgan fingerprint density at radius 3 is 2.49 bits per heavy atom. The van der Waals surface area contributed by atoms with Gasteiger partial charge in [0.2, 0.25) is 5.91 Å².